The molecular formula is C14H20N4O2. The van der Waals surface area contributed by atoms with Crippen LogP contribution in [0.2, 0.25) is 0 Å². The fourth-order valence-corrected chi connectivity index (χ4v) is 2.08. The third-order valence-corrected chi connectivity index (χ3v) is 3.58. The van der Waals surface area contributed by atoms with Crippen LogP contribution in [0.5, 0.6) is 0 Å². The van der Waals surface area contributed by atoms with E-state index in [0.717, 1.165) is 11.4 Å². The molecule has 0 radical (unpaired) electrons. The maximum Gasteiger partial charge on any atom is 0.246 e. The van der Waals surface area contributed by atoms with Crippen molar-refractivity contribution in [3.05, 3.63) is 30.1 Å². The molecule has 0 spiro atoms. The number of nitrogens with zero attached hydrogens (tertiary/aromatic N) is 2. The van der Waals surface area contributed by atoms with Crippen molar-refractivity contribution in [2.45, 2.75) is 31.7 Å². The number of nitrogens with one attached hydrogen (secondary N) is 2. The monoisotopic (exact) mass is 276 g/mol. The third kappa shape index (κ3) is 3.46. The average molecular weight is 276 g/mol. The van der Waals surface area contributed by atoms with Crippen molar-refractivity contribution in [3.63, 3.8) is 0 Å². The SMILES string of the molecule is C=CC(=O)N(C)CC(=O)NCc1cc(C2CCC2)n[nH]1. The van der Waals surface area contributed by atoms with Gasteiger partial charge in [-0.1, -0.05) is 13.0 Å². The Balaban J connectivity index is 1.76. The standard InChI is InChI=1S/C14H20N4O2/c1-3-14(20)18(2)9-13(19)15-8-11-7-12(17-16-11)10-5-4-6-10/h3,7,10H,1,4-6,8-9H2,2H3,(H,15,19)(H,16,17). The molecule has 1 saturated carbocycles. The second-order valence-electron chi connectivity index (χ2n) is 5.12. The molecule has 1 aliphatic rings. The summed E-state index contributed by atoms with van der Waals surface area (Å²) in [5.41, 5.74) is 1.97. The molecule has 0 aliphatic heterocycles. The van der Waals surface area contributed by atoms with E-state index in [0.29, 0.717) is 12.5 Å². The lowest BCUT2D eigenvalue weighted by Crippen LogP contribution is -2.37. The Bertz CT molecular complexity index is 505. The number of amides is 2. The van der Waals surface area contributed by atoms with Crippen LogP contribution >= 0.6 is 0 Å². The van der Waals surface area contributed by atoms with Gasteiger partial charge in [-0.3, -0.25) is 14.7 Å². The zero-order valence-electron chi connectivity index (χ0n) is 11.7. The highest BCUT2D eigenvalue weighted by molar-refractivity contribution is 5.90. The first kappa shape index (κ1) is 14.3. The van der Waals surface area contributed by atoms with Crippen LogP contribution in [0.1, 0.15) is 36.6 Å². The zero-order chi connectivity index (χ0) is 14.5. The summed E-state index contributed by atoms with van der Waals surface area (Å²) in [6, 6.07) is 2.00. The molecule has 0 unspecified atom stereocenters. The van der Waals surface area contributed by atoms with E-state index in [4.69, 9.17) is 0 Å². The van der Waals surface area contributed by atoms with Gasteiger partial charge in [0.2, 0.25) is 11.8 Å². The largest absolute Gasteiger partial charge is 0.349 e. The van der Waals surface area contributed by atoms with Crippen molar-refractivity contribution in [3.8, 4) is 0 Å². The predicted molar refractivity (Wildman–Crippen MR) is 74.9 cm³/mol. The van der Waals surface area contributed by atoms with Gasteiger partial charge in [0.05, 0.1) is 24.5 Å². The molecule has 2 N–H and O–H groups in total. The minimum absolute atomic E-state index is 0.0223. The number of aromatic nitrogens is 2. The summed E-state index contributed by atoms with van der Waals surface area (Å²) < 4.78 is 0. The van der Waals surface area contributed by atoms with Gasteiger partial charge in [0, 0.05) is 13.0 Å². The highest BCUT2D eigenvalue weighted by Crippen LogP contribution is 2.35. The topological polar surface area (TPSA) is 78.1 Å². The highest BCUT2D eigenvalue weighted by Gasteiger charge is 2.22. The Labute approximate surface area is 118 Å². The van der Waals surface area contributed by atoms with Crippen LogP contribution in [0.3, 0.4) is 0 Å². The Kier molecular flexibility index (Phi) is 4.55. The first-order chi connectivity index (χ1) is 9.60. The van der Waals surface area contributed by atoms with Gasteiger partial charge in [0.1, 0.15) is 0 Å². The van der Waals surface area contributed by atoms with Crippen molar-refractivity contribution in [2.24, 2.45) is 0 Å². The van der Waals surface area contributed by atoms with Gasteiger partial charge in [0.15, 0.2) is 0 Å². The van der Waals surface area contributed by atoms with Crippen LogP contribution in [0.4, 0.5) is 0 Å². The highest BCUT2D eigenvalue weighted by atomic mass is 16.2. The number of rotatable bonds is 6. The van der Waals surface area contributed by atoms with E-state index in [9.17, 15) is 9.59 Å². The van der Waals surface area contributed by atoms with Gasteiger partial charge in [-0.05, 0) is 25.0 Å². The van der Waals surface area contributed by atoms with E-state index < -0.39 is 0 Å². The first-order valence-corrected chi connectivity index (χ1v) is 6.78. The van der Waals surface area contributed by atoms with Gasteiger partial charge >= 0.3 is 0 Å². The van der Waals surface area contributed by atoms with Crippen LogP contribution in [-0.4, -0.2) is 40.5 Å². The lowest BCUT2D eigenvalue weighted by atomic mass is 9.83. The summed E-state index contributed by atoms with van der Waals surface area (Å²) in [4.78, 5) is 24.2. The van der Waals surface area contributed by atoms with Crippen molar-refractivity contribution < 1.29 is 9.59 Å². The Morgan fingerprint density at radius 1 is 1.60 bits per heavy atom. The maximum absolute atomic E-state index is 11.7. The molecule has 6 nitrogen and oxygen atoms in total. The quantitative estimate of drug-likeness (QED) is 0.759. The minimum atomic E-state index is -0.269. The molecule has 6 heteroatoms. The number of hydrogen-bond acceptors (Lipinski definition) is 3. The normalized spacial score (nSPS) is 14.4. The molecule has 0 atom stereocenters. The van der Waals surface area contributed by atoms with E-state index in [1.54, 1.807) is 7.05 Å². The van der Waals surface area contributed by atoms with Crippen molar-refractivity contribution in [1.82, 2.24) is 20.4 Å². The van der Waals surface area contributed by atoms with Gasteiger partial charge in [-0.25, -0.2) is 0 Å². The molecule has 20 heavy (non-hydrogen) atoms. The number of carbonyl (C=O) groups excluding carboxylic acids is 2. The molecule has 1 aromatic rings. The molecule has 108 valence electrons. The summed E-state index contributed by atoms with van der Waals surface area (Å²) in [6.45, 7) is 3.80. The van der Waals surface area contributed by atoms with Crippen molar-refractivity contribution in [1.29, 1.82) is 0 Å². The molecule has 2 amide bonds. The average Bonchev–Trinajstić information content (AvgIpc) is 2.81. The van der Waals surface area contributed by atoms with Gasteiger partial charge in [-0.15, -0.1) is 0 Å². The fraction of sp³-hybridized carbons (Fsp3) is 0.500. The summed E-state index contributed by atoms with van der Waals surface area (Å²) >= 11 is 0. The van der Waals surface area contributed by atoms with Crippen molar-refractivity contribution in [2.75, 3.05) is 13.6 Å². The molecule has 1 fully saturated rings. The summed E-state index contributed by atoms with van der Waals surface area (Å²) in [5.74, 6) is 0.100. The van der Waals surface area contributed by atoms with Crippen LogP contribution in [0, 0.1) is 0 Å². The van der Waals surface area contributed by atoms with Gasteiger partial charge < -0.3 is 10.2 Å². The van der Waals surface area contributed by atoms with Crippen LogP contribution in [0.15, 0.2) is 18.7 Å². The molecule has 2 rings (SSSR count). The second-order valence-corrected chi connectivity index (χ2v) is 5.12. The number of likely N-dealkylation sites (N-methyl/N-ethyl adjacent to an activating group) is 1. The van der Waals surface area contributed by atoms with E-state index in [1.165, 1.54) is 30.2 Å². The number of hydrogen-bond donors (Lipinski definition) is 2. The molecule has 1 aliphatic carbocycles. The van der Waals surface area contributed by atoms with Crippen LogP contribution in [-0.2, 0) is 16.1 Å². The zero-order valence-corrected chi connectivity index (χ0v) is 11.7. The van der Waals surface area contributed by atoms with Gasteiger partial charge in [-0.2, -0.15) is 5.10 Å². The fourth-order valence-electron chi connectivity index (χ4n) is 2.08. The lowest BCUT2D eigenvalue weighted by molar-refractivity contribution is -0.131. The van der Waals surface area contributed by atoms with Gasteiger partial charge in [0.25, 0.3) is 0 Å². The van der Waals surface area contributed by atoms with E-state index in [1.807, 2.05) is 6.07 Å². The maximum atomic E-state index is 11.7. The molecule has 0 bridgehead atoms. The molecule has 1 aromatic heterocycles. The Hall–Kier alpha value is -2.11. The van der Waals surface area contributed by atoms with E-state index >= 15 is 0 Å². The van der Waals surface area contributed by atoms with Crippen LogP contribution < -0.4 is 5.32 Å². The van der Waals surface area contributed by atoms with Crippen molar-refractivity contribution >= 4 is 11.8 Å². The smallest absolute Gasteiger partial charge is 0.246 e. The molecule has 1 heterocycles. The second kappa shape index (κ2) is 6.36. The molecular weight excluding hydrogens is 256 g/mol. The minimum Gasteiger partial charge on any atom is -0.349 e. The number of aromatic amines is 1. The van der Waals surface area contributed by atoms with E-state index in [2.05, 4.69) is 22.1 Å². The third-order valence-electron chi connectivity index (χ3n) is 3.58. The summed E-state index contributed by atoms with van der Waals surface area (Å²) in [7, 11) is 1.56. The molecule has 0 aromatic carbocycles. The summed E-state index contributed by atoms with van der Waals surface area (Å²) in [6.07, 6.45) is 4.86. The predicted octanol–water partition coefficient (Wildman–Crippen LogP) is 0.938. The van der Waals surface area contributed by atoms with Crippen LogP contribution in [0.25, 0.3) is 0 Å². The Morgan fingerprint density at radius 2 is 2.35 bits per heavy atom. The lowest BCUT2D eigenvalue weighted by Gasteiger charge is -2.22. The first-order valence-electron chi connectivity index (χ1n) is 6.78. The Morgan fingerprint density at radius 3 is 2.95 bits per heavy atom. The number of H-pyrrole nitrogens is 1. The number of carbonyl (C=O) groups is 2. The van der Waals surface area contributed by atoms with E-state index in [-0.39, 0.29) is 18.4 Å². The molecule has 0 saturated heterocycles. The summed E-state index contributed by atoms with van der Waals surface area (Å²) in [5, 5.41) is 9.96.